The molecule has 4 bridgehead atoms. The Morgan fingerprint density at radius 1 is 0.854 bits per heavy atom. The minimum atomic E-state index is -0.496. The smallest absolute Gasteiger partial charge is 0.221 e. The van der Waals surface area contributed by atoms with Crippen LogP contribution in [0.2, 0.25) is 0 Å². The zero-order chi connectivity index (χ0) is 29.0. The topological polar surface area (TPSA) is 78.9 Å². The highest BCUT2D eigenvalue weighted by atomic mass is 16.5. The number of benzene rings is 2. The van der Waals surface area contributed by atoms with Crippen LogP contribution in [0.4, 0.5) is 0 Å². The van der Waals surface area contributed by atoms with Crippen LogP contribution in [-0.4, -0.2) is 39.3 Å². The number of methoxy groups -OCH3 is 4. The first-order valence-electron chi connectivity index (χ1n) is 14.6. The quantitative estimate of drug-likeness (QED) is 0.309. The van der Waals surface area contributed by atoms with E-state index in [0.29, 0.717) is 40.2 Å². The zero-order valence-corrected chi connectivity index (χ0v) is 25.1. The summed E-state index contributed by atoms with van der Waals surface area (Å²) in [5.74, 6) is 3.30. The third kappa shape index (κ3) is 4.98. The SMILES string of the molecule is COc1ccc([C@@H](NC(=O)CC23CC4C[C@@](C)(C2)C[C@](C)(C4)C3)c2nccc3cc(OC)c(OC)cc23)cc1OC. The lowest BCUT2D eigenvalue weighted by Crippen LogP contribution is -2.56. The van der Waals surface area contributed by atoms with Gasteiger partial charge in [-0.3, -0.25) is 9.78 Å². The van der Waals surface area contributed by atoms with Crippen molar-refractivity contribution < 1.29 is 23.7 Å². The van der Waals surface area contributed by atoms with Crippen LogP contribution in [0.3, 0.4) is 0 Å². The van der Waals surface area contributed by atoms with E-state index in [1.165, 1.54) is 19.3 Å². The van der Waals surface area contributed by atoms with Crippen molar-refractivity contribution in [2.24, 2.45) is 22.2 Å². The van der Waals surface area contributed by atoms with E-state index in [9.17, 15) is 4.79 Å². The Morgan fingerprint density at radius 3 is 2.12 bits per heavy atom. The summed E-state index contributed by atoms with van der Waals surface area (Å²) >= 11 is 0. The van der Waals surface area contributed by atoms with Crippen LogP contribution in [0.25, 0.3) is 10.8 Å². The number of pyridine rings is 1. The number of nitrogens with one attached hydrogen (secondary N) is 1. The zero-order valence-electron chi connectivity index (χ0n) is 25.1. The van der Waals surface area contributed by atoms with E-state index in [1.54, 1.807) is 34.6 Å². The first-order valence-corrected chi connectivity index (χ1v) is 14.6. The molecule has 3 aromatic rings. The number of ether oxygens (including phenoxy) is 4. The maximum absolute atomic E-state index is 14.1. The Kier molecular flexibility index (Phi) is 6.82. The average Bonchev–Trinajstić information content (AvgIpc) is 2.92. The minimum absolute atomic E-state index is 0.0674. The fourth-order valence-electron chi connectivity index (χ4n) is 9.53. The summed E-state index contributed by atoms with van der Waals surface area (Å²) in [6, 6.07) is 11.1. The van der Waals surface area contributed by atoms with Gasteiger partial charge in [0, 0.05) is 18.0 Å². The molecule has 7 heteroatoms. The molecule has 7 rings (SSSR count). The second kappa shape index (κ2) is 10.1. The minimum Gasteiger partial charge on any atom is -0.493 e. The largest absolute Gasteiger partial charge is 0.493 e. The summed E-state index contributed by atoms with van der Waals surface area (Å²) in [6.45, 7) is 4.91. The number of fused-ring (bicyclic) bond motifs is 1. The lowest BCUT2D eigenvalue weighted by Gasteiger charge is -2.65. The summed E-state index contributed by atoms with van der Waals surface area (Å²) in [5, 5.41) is 5.27. The van der Waals surface area contributed by atoms with Gasteiger partial charge >= 0.3 is 0 Å². The van der Waals surface area contributed by atoms with E-state index in [0.717, 1.165) is 47.2 Å². The number of rotatable bonds is 9. The number of nitrogens with zero attached hydrogens (tertiary/aromatic N) is 1. The highest BCUT2D eigenvalue weighted by Crippen LogP contribution is 2.70. The van der Waals surface area contributed by atoms with Gasteiger partial charge in [-0.2, -0.15) is 0 Å². The monoisotopic (exact) mass is 558 g/mol. The Bertz CT molecular complexity index is 1470. The van der Waals surface area contributed by atoms with Gasteiger partial charge in [-0.15, -0.1) is 0 Å². The number of aromatic nitrogens is 1. The lowest BCUT2D eigenvalue weighted by atomic mass is 9.40. The third-order valence-electron chi connectivity index (χ3n) is 9.90. The average molecular weight is 559 g/mol. The highest BCUT2D eigenvalue weighted by molar-refractivity contribution is 5.89. The molecule has 41 heavy (non-hydrogen) atoms. The lowest BCUT2D eigenvalue weighted by molar-refractivity contribution is -0.156. The molecule has 4 aliphatic carbocycles. The Hall–Kier alpha value is -3.48. The van der Waals surface area contributed by atoms with E-state index in [2.05, 4.69) is 19.2 Å². The van der Waals surface area contributed by atoms with Gasteiger partial charge in [-0.25, -0.2) is 0 Å². The molecular formula is C34H42N2O5. The molecule has 7 nitrogen and oxygen atoms in total. The summed E-state index contributed by atoms with van der Waals surface area (Å²) < 4.78 is 22.3. The number of carbonyl (C=O) groups is 1. The molecule has 4 fully saturated rings. The maximum Gasteiger partial charge on any atom is 0.221 e. The van der Waals surface area contributed by atoms with E-state index in [1.807, 2.05) is 36.4 Å². The van der Waals surface area contributed by atoms with Crippen LogP contribution in [0.1, 0.15) is 76.1 Å². The fraction of sp³-hybridized carbons (Fsp3) is 0.529. The Labute approximate surface area is 242 Å². The highest BCUT2D eigenvalue weighted by Gasteiger charge is 2.60. The van der Waals surface area contributed by atoms with Crippen LogP contribution in [0, 0.1) is 22.2 Å². The van der Waals surface area contributed by atoms with Crippen LogP contribution >= 0.6 is 0 Å². The second-order valence-electron chi connectivity index (χ2n) is 13.5. The van der Waals surface area contributed by atoms with Crippen molar-refractivity contribution in [2.75, 3.05) is 28.4 Å². The fourth-order valence-corrected chi connectivity index (χ4v) is 9.53. The standard InChI is InChI=1S/C34H42N2O5/c1-32-14-21-15-33(2,18-32)20-34(16-21,19-32)17-29(37)36-30(23-7-8-25(38-3)26(12-23)39-4)31-24-13-28(41-6)27(40-5)11-22(24)9-10-35-31/h7-13,21,30H,14-20H2,1-6H3,(H,36,37)/t21?,30-,32-,33+,34?/m1/s1. The number of hydrogen-bond acceptors (Lipinski definition) is 6. The molecule has 1 N–H and O–H groups in total. The van der Waals surface area contributed by atoms with Gasteiger partial charge in [0.2, 0.25) is 5.91 Å². The van der Waals surface area contributed by atoms with Crippen LogP contribution in [0.5, 0.6) is 23.0 Å². The number of amides is 1. The van der Waals surface area contributed by atoms with Gasteiger partial charge in [-0.05, 0) is 102 Å². The van der Waals surface area contributed by atoms with Crippen LogP contribution in [-0.2, 0) is 4.79 Å². The summed E-state index contributed by atoms with van der Waals surface area (Å²) in [5.41, 5.74) is 2.38. The molecule has 0 spiro atoms. The van der Waals surface area contributed by atoms with E-state index in [-0.39, 0.29) is 11.3 Å². The normalized spacial score (nSPS) is 28.8. The second-order valence-corrected chi connectivity index (χ2v) is 13.5. The molecular weight excluding hydrogens is 516 g/mol. The molecule has 4 saturated carbocycles. The predicted octanol–water partition coefficient (Wildman–Crippen LogP) is 6.86. The molecule has 0 aliphatic heterocycles. The van der Waals surface area contributed by atoms with Crippen molar-refractivity contribution >= 4 is 16.7 Å². The molecule has 0 radical (unpaired) electrons. The Morgan fingerprint density at radius 2 is 1.49 bits per heavy atom. The molecule has 4 aliphatic rings. The van der Waals surface area contributed by atoms with Gasteiger partial charge in [0.05, 0.1) is 40.2 Å². The first kappa shape index (κ1) is 27.7. The van der Waals surface area contributed by atoms with E-state index < -0.39 is 6.04 Å². The number of carbonyl (C=O) groups excluding carboxylic acids is 1. The van der Waals surface area contributed by atoms with Crippen molar-refractivity contribution in [2.45, 2.75) is 64.8 Å². The predicted molar refractivity (Wildman–Crippen MR) is 159 cm³/mol. The van der Waals surface area contributed by atoms with Gasteiger partial charge in [0.1, 0.15) is 0 Å². The molecule has 2 aromatic carbocycles. The van der Waals surface area contributed by atoms with Crippen molar-refractivity contribution in [3.05, 3.63) is 53.9 Å². The van der Waals surface area contributed by atoms with Gasteiger partial charge in [0.25, 0.3) is 0 Å². The summed E-state index contributed by atoms with van der Waals surface area (Å²) in [4.78, 5) is 18.9. The number of hydrogen-bond donors (Lipinski definition) is 1. The van der Waals surface area contributed by atoms with Gasteiger partial charge < -0.3 is 24.3 Å². The summed E-state index contributed by atoms with van der Waals surface area (Å²) in [7, 11) is 6.50. The van der Waals surface area contributed by atoms with Gasteiger partial charge in [-0.1, -0.05) is 19.9 Å². The van der Waals surface area contributed by atoms with Gasteiger partial charge in [0.15, 0.2) is 23.0 Å². The van der Waals surface area contributed by atoms with Crippen molar-refractivity contribution in [1.29, 1.82) is 0 Å². The molecule has 218 valence electrons. The van der Waals surface area contributed by atoms with Crippen molar-refractivity contribution in [3.8, 4) is 23.0 Å². The first-order chi connectivity index (χ1) is 19.6. The van der Waals surface area contributed by atoms with Crippen molar-refractivity contribution in [1.82, 2.24) is 10.3 Å². The molecule has 5 atom stereocenters. The van der Waals surface area contributed by atoms with E-state index in [4.69, 9.17) is 23.9 Å². The molecule has 2 unspecified atom stereocenters. The summed E-state index contributed by atoms with van der Waals surface area (Å²) in [6.07, 6.45) is 9.69. The molecule has 1 amide bonds. The van der Waals surface area contributed by atoms with Crippen molar-refractivity contribution in [3.63, 3.8) is 0 Å². The van der Waals surface area contributed by atoms with Crippen LogP contribution < -0.4 is 24.3 Å². The molecule has 1 aromatic heterocycles. The third-order valence-corrected chi connectivity index (χ3v) is 9.90. The van der Waals surface area contributed by atoms with E-state index >= 15 is 0 Å². The molecule has 0 saturated heterocycles. The Balaban J connectivity index is 1.39. The molecule has 1 heterocycles. The maximum atomic E-state index is 14.1. The van der Waals surface area contributed by atoms with Crippen LogP contribution in [0.15, 0.2) is 42.6 Å².